The second kappa shape index (κ2) is 11.3. The number of carbonyl (C=O) groups is 3. The van der Waals surface area contributed by atoms with E-state index in [9.17, 15) is 19.5 Å². The molecule has 4 unspecified atom stereocenters. The molecule has 0 saturated carbocycles. The number of hydrogen-bond donors (Lipinski definition) is 5. The van der Waals surface area contributed by atoms with Gasteiger partial charge in [-0.25, -0.2) is 4.79 Å². The first-order chi connectivity index (χ1) is 10.8. The van der Waals surface area contributed by atoms with Crippen molar-refractivity contribution in [3.8, 4) is 0 Å². The van der Waals surface area contributed by atoms with Gasteiger partial charge in [-0.05, 0) is 24.3 Å². The van der Waals surface area contributed by atoms with E-state index >= 15 is 0 Å². The molecule has 2 amide bonds. The van der Waals surface area contributed by atoms with Crippen LogP contribution in [-0.2, 0) is 14.4 Å². The molecule has 8 nitrogen and oxygen atoms in total. The summed E-state index contributed by atoms with van der Waals surface area (Å²) < 4.78 is 0. The van der Waals surface area contributed by atoms with Crippen LogP contribution in [0.15, 0.2) is 0 Å². The van der Waals surface area contributed by atoms with Crippen LogP contribution in [0.2, 0.25) is 0 Å². The van der Waals surface area contributed by atoms with Crippen molar-refractivity contribution in [3.05, 3.63) is 0 Å². The van der Waals surface area contributed by atoms with Gasteiger partial charge in [-0.3, -0.25) is 9.59 Å². The Labute approximate surface area is 140 Å². The molecule has 0 aliphatic rings. The predicted octanol–water partition coefficient (Wildman–Crippen LogP) is -0.841. The van der Waals surface area contributed by atoms with Crippen LogP contribution in [-0.4, -0.2) is 64.7 Å². The first kappa shape index (κ1) is 21.7. The SMILES string of the molecule is CCC(C)C(N)C(=O)NC(CO)C(=O)NC(CCSC)C(=O)O. The molecule has 9 heteroatoms. The number of aliphatic carboxylic acids is 1. The summed E-state index contributed by atoms with van der Waals surface area (Å²) in [5, 5.41) is 23.0. The van der Waals surface area contributed by atoms with Gasteiger partial charge in [0.05, 0.1) is 12.6 Å². The van der Waals surface area contributed by atoms with Gasteiger partial charge in [0.2, 0.25) is 11.8 Å². The molecule has 0 aromatic rings. The summed E-state index contributed by atoms with van der Waals surface area (Å²) in [6.07, 6.45) is 2.77. The van der Waals surface area contributed by atoms with E-state index in [2.05, 4.69) is 10.6 Å². The van der Waals surface area contributed by atoms with E-state index in [0.717, 1.165) is 0 Å². The van der Waals surface area contributed by atoms with Crippen molar-refractivity contribution >= 4 is 29.5 Å². The molecule has 0 aromatic carbocycles. The number of carboxylic acids is 1. The lowest BCUT2D eigenvalue weighted by Crippen LogP contribution is -2.56. The third-order valence-electron chi connectivity index (χ3n) is 3.60. The summed E-state index contributed by atoms with van der Waals surface area (Å²) in [7, 11) is 0. The van der Waals surface area contributed by atoms with Gasteiger partial charge in [0.1, 0.15) is 12.1 Å². The Hall–Kier alpha value is -1.32. The van der Waals surface area contributed by atoms with E-state index in [1.165, 1.54) is 11.8 Å². The van der Waals surface area contributed by atoms with Crippen molar-refractivity contribution in [2.24, 2.45) is 11.7 Å². The summed E-state index contributed by atoms with van der Waals surface area (Å²) in [4.78, 5) is 35.1. The topological polar surface area (TPSA) is 142 Å². The molecule has 134 valence electrons. The Bertz CT molecular complexity index is 408. The predicted molar refractivity (Wildman–Crippen MR) is 89.0 cm³/mol. The molecule has 0 aromatic heterocycles. The molecule has 0 heterocycles. The quantitative estimate of drug-likeness (QED) is 0.327. The van der Waals surface area contributed by atoms with Crippen molar-refractivity contribution < 1.29 is 24.6 Å². The fourth-order valence-electron chi connectivity index (χ4n) is 1.74. The molecule has 23 heavy (non-hydrogen) atoms. The lowest BCUT2D eigenvalue weighted by atomic mass is 9.99. The number of thioether (sulfide) groups is 1. The zero-order chi connectivity index (χ0) is 18.0. The maximum absolute atomic E-state index is 12.1. The van der Waals surface area contributed by atoms with Crippen molar-refractivity contribution in [2.75, 3.05) is 18.6 Å². The summed E-state index contributed by atoms with van der Waals surface area (Å²) >= 11 is 1.46. The first-order valence-electron chi connectivity index (χ1n) is 7.47. The molecule has 0 fully saturated rings. The zero-order valence-corrected chi connectivity index (χ0v) is 14.6. The van der Waals surface area contributed by atoms with Gasteiger partial charge < -0.3 is 26.6 Å². The lowest BCUT2D eigenvalue weighted by molar-refractivity contribution is -0.142. The number of amides is 2. The van der Waals surface area contributed by atoms with Crippen LogP contribution in [0.1, 0.15) is 26.7 Å². The van der Waals surface area contributed by atoms with Crippen LogP contribution in [0.25, 0.3) is 0 Å². The van der Waals surface area contributed by atoms with Crippen molar-refractivity contribution in [2.45, 2.75) is 44.8 Å². The molecule has 0 radical (unpaired) electrons. The van der Waals surface area contributed by atoms with Gasteiger partial charge in [-0.1, -0.05) is 20.3 Å². The maximum Gasteiger partial charge on any atom is 0.326 e. The van der Waals surface area contributed by atoms with Crippen LogP contribution < -0.4 is 16.4 Å². The highest BCUT2D eigenvalue weighted by Gasteiger charge is 2.28. The van der Waals surface area contributed by atoms with Crippen LogP contribution in [0.3, 0.4) is 0 Å². The van der Waals surface area contributed by atoms with Crippen molar-refractivity contribution in [3.63, 3.8) is 0 Å². The van der Waals surface area contributed by atoms with Gasteiger partial charge in [0.15, 0.2) is 0 Å². The summed E-state index contributed by atoms with van der Waals surface area (Å²) in [6.45, 7) is 3.05. The number of hydrogen-bond acceptors (Lipinski definition) is 6. The van der Waals surface area contributed by atoms with E-state index in [1.807, 2.05) is 13.2 Å². The second-order valence-corrected chi connectivity index (χ2v) is 6.32. The third kappa shape index (κ3) is 7.67. The van der Waals surface area contributed by atoms with Gasteiger partial charge in [-0.2, -0.15) is 11.8 Å². The minimum atomic E-state index is -1.23. The van der Waals surface area contributed by atoms with Crippen LogP contribution in [0.5, 0.6) is 0 Å². The molecule has 0 aliphatic heterocycles. The Morgan fingerprint density at radius 2 is 1.74 bits per heavy atom. The fourth-order valence-corrected chi connectivity index (χ4v) is 2.21. The minimum absolute atomic E-state index is 0.0780. The molecule has 0 bridgehead atoms. The highest BCUT2D eigenvalue weighted by Crippen LogP contribution is 2.06. The molecule has 0 aliphatic carbocycles. The summed E-state index contributed by atoms with van der Waals surface area (Å²) in [5.41, 5.74) is 5.77. The number of carboxylic acid groups (broad SMARTS) is 1. The highest BCUT2D eigenvalue weighted by molar-refractivity contribution is 7.98. The molecule has 0 saturated heterocycles. The minimum Gasteiger partial charge on any atom is -0.480 e. The molecule has 0 spiro atoms. The average Bonchev–Trinajstić information content (AvgIpc) is 2.53. The van der Waals surface area contributed by atoms with Crippen LogP contribution in [0, 0.1) is 5.92 Å². The second-order valence-electron chi connectivity index (χ2n) is 5.34. The molecule has 4 atom stereocenters. The normalized spacial score (nSPS) is 16.0. The molecular formula is C14H27N3O5S. The number of carbonyl (C=O) groups excluding carboxylic acids is 2. The van der Waals surface area contributed by atoms with E-state index in [0.29, 0.717) is 12.2 Å². The molecule has 0 rings (SSSR count). The largest absolute Gasteiger partial charge is 0.480 e. The smallest absolute Gasteiger partial charge is 0.326 e. The van der Waals surface area contributed by atoms with Gasteiger partial charge in [0, 0.05) is 0 Å². The van der Waals surface area contributed by atoms with Crippen molar-refractivity contribution in [1.29, 1.82) is 0 Å². The Morgan fingerprint density at radius 1 is 1.17 bits per heavy atom. The van der Waals surface area contributed by atoms with Gasteiger partial charge >= 0.3 is 5.97 Å². The maximum atomic E-state index is 12.1. The number of aliphatic hydroxyl groups excluding tert-OH is 1. The Balaban J connectivity index is 4.72. The van der Waals surface area contributed by atoms with Gasteiger partial charge in [-0.15, -0.1) is 0 Å². The standard InChI is InChI=1S/C14H27N3O5S/c1-4-8(2)11(15)13(20)17-10(7-18)12(19)16-9(14(21)22)5-6-23-3/h8-11,18H,4-7,15H2,1-3H3,(H,16,19)(H,17,20)(H,21,22). The van der Waals surface area contributed by atoms with Crippen LogP contribution >= 0.6 is 11.8 Å². The number of nitrogens with two attached hydrogens (primary N) is 1. The van der Waals surface area contributed by atoms with E-state index in [1.54, 1.807) is 6.92 Å². The first-order valence-corrected chi connectivity index (χ1v) is 8.86. The Morgan fingerprint density at radius 3 is 2.17 bits per heavy atom. The number of nitrogens with one attached hydrogen (secondary N) is 2. The van der Waals surface area contributed by atoms with Crippen LogP contribution in [0.4, 0.5) is 0 Å². The molecular weight excluding hydrogens is 322 g/mol. The lowest BCUT2D eigenvalue weighted by Gasteiger charge is -2.23. The third-order valence-corrected chi connectivity index (χ3v) is 4.24. The highest BCUT2D eigenvalue weighted by atomic mass is 32.2. The average molecular weight is 349 g/mol. The van der Waals surface area contributed by atoms with Gasteiger partial charge in [0.25, 0.3) is 0 Å². The van der Waals surface area contributed by atoms with E-state index < -0.39 is 42.5 Å². The Kier molecular flexibility index (Phi) is 10.6. The van der Waals surface area contributed by atoms with E-state index in [-0.39, 0.29) is 12.3 Å². The summed E-state index contributed by atoms with van der Waals surface area (Å²) in [6, 6.07) is -3.09. The monoisotopic (exact) mass is 349 g/mol. The fraction of sp³-hybridized carbons (Fsp3) is 0.786. The molecule has 6 N–H and O–H groups in total. The van der Waals surface area contributed by atoms with E-state index in [4.69, 9.17) is 10.8 Å². The number of aliphatic hydroxyl groups is 1. The zero-order valence-electron chi connectivity index (χ0n) is 13.7. The van der Waals surface area contributed by atoms with Crippen molar-refractivity contribution in [1.82, 2.24) is 10.6 Å². The number of rotatable bonds is 11. The summed E-state index contributed by atoms with van der Waals surface area (Å²) in [5.74, 6) is -1.97.